The molecule has 172 valence electrons. The normalized spacial score (nSPS) is 11.5. The van der Waals surface area contributed by atoms with Gasteiger partial charge in [0.2, 0.25) is 0 Å². The number of carbonyl (C=O) groups is 1. The van der Waals surface area contributed by atoms with E-state index in [1.807, 2.05) is 0 Å². The Morgan fingerprint density at radius 3 is 2.33 bits per heavy atom. The molecule has 0 aliphatic carbocycles. The Morgan fingerprint density at radius 1 is 1.03 bits per heavy atom. The molecule has 0 atom stereocenters. The largest absolute Gasteiger partial charge is 0.490 e. The second-order valence-corrected chi connectivity index (χ2v) is 7.16. The lowest BCUT2D eigenvalue weighted by Gasteiger charge is -2.11. The van der Waals surface area contributed by atoms with E-state index in [1.54, 1.807) is 79.5 Å². The summed E-state index contributed by atoms with van der Waals surface area (Å²) in [6.07, 6.45) is -0.0112. The Hall–Kier alpha value is -3.81. The maximum Gasteiger partial charge on any atom is 0.409 e. The summed E-state index contributed by atoms with van der Waals surface area (Å²) in [5.74, 6) is -0.0892. The number of rotatable bonds is 7. The van der Waals surface area contributed by atoms with E-state index in [0.29, 0.717) is 33.6 Å². The van der Waals surface area contributed by atoms with Gasteiger partial charge in [-0.1, -0.05) is 24.3 Å². The molecule has 2 aromatic carbocycles. The Labute approximate surface area is 188 Å². The molecule has 33 heavy (non-hydrogen) atoms. The summed E-state index contributed by atoms with van der Waals surface area (Å²) in [5, 5.41) is 0. The zero-order valence-electron chi connectivity index (χ0n) is 18.1. The third-order valence-electron chi connectivity index (χ3n) is 4.66. The number of halogens is 3. The first-order valence-corrected chi connectivity index (χ1v) is 10.1. The van der Waals surface area contributed by atoms with Crippen molar-refractivity contribution < 1.29 is 27.4 Å². The molecule has 0 fully saturated rings. The second-order valence-electron chi connectivity index (χ2n) is 7.16. The fraction of sp³-hybridized carbons (Fsp3) is 0.200. The van der Waals surface area contributed by atoms with Crippen LogP contribution in [0, 0.1) is 0 Å². The topological polar surface area (TPSA) is 57.5 Å². The van der Waals surface area contributed by atoms with Crippen LogP contribution in [0.5, 0.6) is 5.75 Å². The van der Waals surface area contributed by atoms with Crippen molar-refractivity contribution in [3.63, 3.8) is 0 Å². The first-order valence-electron chi connectivity index (χ1n) is 10.1. The van der Waals surface area contributed by atoms with Gasteiger partial charge in [0, 0.05) is 36.6 Å². The summed E-state index contributed by atoms with van der Waals surface area (Å²) in [5.41, 5.74) is 2.18. The first-order chi connectivity index (χ1) is 15.7. The third kappa shape index (κ3) is 6.35. The van der Waals surface area contributed by atoms with Gasteiger partial charge in [-0.05, 0) is 48.4 Å². The molecule has 1 aromatic heterocycles. The number of carbonyl (C=O) groups excluding carboxylic acids is 1. The van der Waals surface area contributed by atoms with Crippen LogP contribution in [-0.4, -0.2) is 29.9 Å². The highest BCUT2D eigenvalue weighted by atomic mass is 19.4. The smallest absolute Gasteiger partial charge is 0.409 e. The van der Waals surface area contributed by atoms with Gasteiger partial charge in [0.1, 0.15) is 12.4 Å². The molecule has 0 aliphatic rings. The number of esters is 1. The molecule has 0 saturated heterocycles. The van der Waals surface area contributed by atoms with Gasteiger partial charge in [0.25, 0.3) is 0 Å². The number of ether oxygens (including phenoxy) is 2. The summed E-state index contributed by atoms with van der Waals surface area (Å²) in [7, 11) is 1.78. The van der Waals surface area contributed by atoms with Gasteiger partial charge < -0.3 is 14.0 Å². The van der Waals surface area contributed by atoms with Crippen LogP contribution in [0.1, 0.15) is 17.3 Å². The molecular weight excluding hydrogens is 435 g/mol. The number of hydrogen-bond donors (Lipinski definition) is 0. The summed E-state index contributed by atoms with van der Waals surface area (Å²) in [6, 6.07) is 13.2. The number of nitrogens with zero attached hydrogens (tertiary/aromatic N) is 1. The van der Waals surface area contributed by atoms with Crippen LogP contribution in [0.4, 0.5) is 13.2 Å². The maximum atomic E-state index is 13.2. The van der Waals surface area contributed by atoms with E-state index < -0.39 is 12.1 Å². The SMILES string of the molecule is CCOC(=O)c1cccc(-c2cn(C)cc(-c3ccc(OC/C=C/C(F)(F)F)cc3)c2=O)c1. The maximum absolute atomic E-state index is 13.2. The third-order valence-corrected chi connectivity index (χ3v) is 4.66. The minimum atomic E-state index is -4.38. The van der Waals surface area contributed by atoms with Crippen LogP contribution in [0.2, 0.25) is 0 Å². The number of alkyl halides is 3. The highest BCUT2D eigenvalue weighted by Crippen LogP contribution is 2.24. The number of aryl methyl sites for hydroxylation is 1. The average Bonchev–Trinajstić information content (AvgIpc) is 2.78. The van der Waals surface area contributed by atoms with Crippen LogP contribution in [-0.2, 0) is 11.8 Å². The molecule has 0 unspecified atom stereocenters. The molecule has 0 radical (unpaired) electrons. The van der Waals surface area contributed by atoms with Gasteiger partial charge in [0.15, 0.2) is 5.43 Å². The van der Waals surface area contributed by atoms with Crippen molar-refractivity contribution >= 4 is 5.97 Å². The first kappa shape index (κ1) is 23.8. The van der Waals surface area contributed by atoms with Crippen molar-refractivity contribution in [2.45, 2.75) is 13.1 Å². The second kappa shape index (κ2) is 10.2. The van der Waals surface area contributed by atoms with Crippen LogP contribution in [0.25, 0.3) is 22.3 Å². The van der Waals surface area contributed by atoms with Gasteiger partial charge in [-0.25, -0.2) is 4.79 Å². The minimum absolute atomic E-state index is 0.119. The molecule has 1 heterocycles. The van der Waals surface area contributed by atoms with Crippen molar-refractivity contribution in [3.8, 4) is 28.0 Å². The molecule has 0 aliphatic heterocycles. The van der Waals surface area contributed by atoms with Crippen molar-refractivity contribution in [1.82, 2.24) is 4.57 Å². The van der Waals surface area contributed by atoms with E-state index in [1.165, 1.54) is 0 Å². The molecule has 0 N–H and O–H groups in total. The highest BCUT2D eigenvalue weighted by Gasteiger charge is 2.21. The lowest BCUT2D eigenvalue weighted by atomic mass is 9.99. The van der Waals surface area contributed by atoms with E-state index >= 15 is 0 Å². The lowest BCUT2D eigenvalue weighted by Crippen LogP contribution is -2.12. The van der Waals surface area contributed by atoms with Crippen molar-refractivity contribution in [1.29, 1.82) is 0 Å². The van der Waals surface area contributed by atoms with Crippen LogP contribution in [0.15, 0.2) is 77.9 Å². The molecule has 3 aromatic rings. The van der Waals surface area contributed by atoms with Crippen molar-refractivity contribution in [3.05, 3.63) is 88.9 Å². The molecule has 0 spiro atoms. The number of aromatic nitrogens is 1. The van der Waals surface area contributed by atoms with Crippen LogP contribution >= 0.6 is 0 Å². The Balaban J connectivity index is 1.87. The molecular formula is C25H22F3NO4. The lowest BCUT2D eigenvalue weighted by molar-refractivity contribution is -0.0801. The zero-order chi connectivity index (χ0) is 24.0. The van der Waals surface area contributed by atoms with E-state index in [2.05, 4.69) is 0 Å². The van der Waals surface area contributed by atoms with Gasteiger partial charge in [0.05, 0.1) is 12.2 Å². The molecule has 0 amide bonds. The van der Waals surface area contributed by atoms with Crippen molar-refractivity contribution in [2.24, 2.45) is 7.05 Å². The minimum Gasteiger partial charge on any atom is -0.490 e. The predicted molar refractivity (Wildman–Crippen MR) is 119 cm³/mol. The van der Waals surface area contributed by atoms with Gasteiger partial charge in [-0.15, -0.1) is 0 Å². The number of benzene rings is 2. The van der Waals surface area contributed by atoms with Gasteiger partial charge in [-0.2, -0.15) is 13.2 Å². The van der Waals surface area contributed by atoms with E-state index in [0.717, 1.165) is 6.08 Å². The number of allylic oxidation sites excluding steroid dienone is 1. The summed E-state index contributed by atoms with van der Waals surface area (Å²) in [6.45, 7) is 1.74. The van der Waals surface area contributed by atoms with E-state index in [-0.39, 0.29) is 24.7 Å². The summed E-state index contributed by atoms with van der Waals surface area (Å²) >= 11 is 0. The number of hydrogen-bond acceptors (Lipinski definition) is 4. The molecule has 3 rings (SSSR count). The van der Waals surface area contributed by atoms with Crippen LogP contribution < -0.4 is 10.2 Å². The van der Waals surface area contributed by atoms with Crippen molar-refractivity contribution in [2.75, 3.05) is 13.2 Å². The number of pyridine rings is 1. The Kier molecular flexibility index (Phi) is 7.37. The van der Waals surface area contributed by atoms with E-state index in [4.69, 9.17) is 9.47 Å². The standard InChI is InChI=1S/C25H22F3NO4/c1-3-32-24(31)19-7-4-6-18(14-19)22-16-29(2)15-21(23(22)30)17-8-10-20(11-9-17)33-13-5-12-25(26,27)28/h4-12,14-16H,3,13H2,1-2H3/b12-5+. The van der Waals surface area contributed by atoms with Crippen LogP contribution in [0.3, 0.4) is 0 Å². The Bertz CT molecular complexity index is 1210. The predicted octanol–water partition coefficient (Wildman–Crippen LogP) is 5.39. The highest BCUT2D eigenvalue weighted by molar-refractivity contribution is 5.91. The monoisotopic (exact) mass is 457 g/mol. The molecule has 0 bridgehead atoms. The zero-order valence-corrected chi connectivity index (χ0v) is 18.1. The average molecular weight is 457 g/mol. The van der Waals surface area contributed by atoms with Gasteiger partial charge in [-0.3, -0.25) is 4.79 Å². The molecule has 8 heteroatoms. The van der Waals surface area contributed by atoms with E-state index in [9.17, 15) is 22.8 Å². The van der Waals surface area contributed by atoms with Gasteiger partial charge >= 0.3 is 12.1 Å². The Morgan fingerprint density at radius 2 is 1.70 bits per heavy atom. The fourth-order valence-electron chi connectivity index (χ4n) is 3.20. The molecule has 5 nitrogen and oxygen atoms in total. The summed E-state index contributed by atoms with van der Waals surface area (Å²) in [4.78, 5) is 25.3. The molecule has 0 saturated carbocycles. The quantitative estimate of drug-likeness (QED) is 0.353. The summed E-state index contributed by atoms with van der Waals surface area (Å²) < 4.78 is 48.5. The fourth-order valence-corrected chi connectivity index (χ4v) is 3.20.